The van der Waals surface area contributed by atoms with Crippen LogP contribution in [0.4, 0.5) is 0 Å². The average molecular weight is 416 g/mol. The Kier molecular flexibility index (Phi) is 5.99. The Hall–Kier alpha value is -2.27. The average Bonchev–Trinajstić information content (AvgIpc) is 3.16. The van der Waals surface area contributed by atoms with E-state index in [1.807, 2.05) is 53.4 Å². The molecule has 0 saturated carbocycles. The smallest absolute Gasteiger partial charge is 0.247 e. The molecule has 2 aromatic rings. The van der Waals surface area contributed by atoms with Crippen molar-refractivity contribution in [3.8, 4) is 11.5 Å². The molecule has 0 bridgehead atoms. The largest absolute Gasteiger partial charge is 0.493 e. The second-order valence-electron chi connectivity index (χ2n) is 6.16. The second-order valence-corrected chi connectivity index (χ2v) is 7.01. The Bertz CT molecular complexity index is 819. The third-order valence-corrected chi connectivity index (χ3v) is 5.36. The molecule has 136 valence electrons. The summed E-state index contributed by atoms with van der Waals surface area (Å²) in [6.45, 7) is 0.762. The zero-order valence-electron chi connectivity index (χ0n) is 14.9. The number of halogens is 1. The molecule has 1 heterocycles. The number of methoxy groups -OCH3 is 2. The van der Waals surface area contributed by atoms with Gasteiger partial charge in [0.1, 0.15) is 0 Å². The summed E-state index contributed by atoms with van der Waals surface area (Å²) in [7, 11) is 3.25. The lowest BCUT2D eigenvalue weighted by atomic mass is 10.0. The summed E-state index contributed by atoms with van der Waals surface area (Å²) in [4.78, 5) is 14.7. The highest BCUT2D eigenvalue weighted by molar-refractivity contribution is 9.10. The number of hydrogen-bond donors (Lipinski definition) is 0. The van der Waals surface area contributed by atoms with Crippen LogP contribution >= 0.6 is 15.9 Å². The maximum Gasteiger partial charge on any atom is 0.247 e. The molecule has 4 nitrogen and oxygen atoms in total. The van der Waals surface area contributed by atoms with Crippen molar-refractivity contribution in [1.82, 2.24) is 4.90 Å². The molecule has 1 amide bonds. The maximum atomic E-state index is 12.8. The Morgan fingerprint density at radius 1 is 1.15 bits per heavy atom. The number of nitrogens with zero attached hydrogens (tertiary/aromatic N) is 1. The molecule has 1 unspecified atom stereocenters. The summed E-state index contributed by atoms with van der Waals surface area (Å²) < 4.78 is 11.7. The van der Waals surface area contributed by atoms with Crippen molar-refractivity contribution in [2.24, 2.45) is 0 Å². The standard InChI is InChI=1S/C21H22BrNO3/c1-25-19-11-9-16(14-20(19)26-2)18-8-5-13-23(18)21(24)12-10-15-6-3-4-7-17(15)22/h3-4,6-7,9-12,14,18H,5,8,13H2,1-2H3/b12-10+. The van der Waals surface area contributed by atoms with E-state index in [1.54, 1.807) is 20.3 Å². The number of amides is 1. The fourth-order valence-electron chi connectivity index (χ4n) is 3.30. The minimum Gasteiger partial charge on any atom is -0.493 e. The van der Waals surface area contributed by atoms with Crippen LogP contribution in [0.2, 0.25) is 0 Å². The van der Waals surface area contributed by atoms with Crippen LogP contribution in [0.15, 0.2) is 53.0 Å². The third kappa shape index (κ3) is 3.93. The van der Waals surface area contributed by atoms with E-state index in [2.05, 4.69) is 15.9 Å². The first-order valence-electron chi connectivity index (χ1n) is 8.59. The van der Waals surface area contributed by atoms with Crippen LogP contribution in [0.5, 0.6) is 11.5 Å². The lowest BCUT2D eigenvalue weighted by molar-refractivity contribution is -0.126. The molecule has 1 aliphatic heterocycles. The number of hydrogen-bond acceptors (Lipinski definition) is 3. The highest BCUT2D eigenvalue weighted by atomic mass is 79.9. The van der Waals surface area contributed by atoms with Gasteiger partial charge in [-0.2, -0.15) is 0 Å². The van der Waals surface area contributed by atoms with Gasteiger partial charge in [-0.1, -0.05) is 40.2 Å². The van der Waals surface area contributed by atoms with Gasteiger partial charge in [-0.25, -0.2) is 0 Å². The summed E-state index contributed by atoms with van der Waals surface area (Å²) >= 11 is 3.51. The van der Waals surface area contributed by atoms with Gasteiger partial charge < -0.3 is 14.4 Å². The van der Waals surface area contributed by atoms with Crippen molar-refractivity contribution in [3.63, 3.8) is 0 Å². The summed E-state index contributed by atoms with van der Waals surface area (Å²) in [5.41, 5.74) is 2.06. The summed E-state index contributed by atoms with van der Waals surface area (Å²) in [6.07, 6.45) is 5.45. The van der Waals surface area contributed by atoms with Crippen LogP contribution in [0.25, 0.3) is 6.08 Å². The van der Waals surface area contributed by atoms with Crippen LogP contribution in [0, 0.1) is 0 Å². The Balaban J connectivity index is 1.80. The van der Waals surface area contributed by atoms with Gasteiger partial charge in [-0.3, -0.25) is 4.79 Å². The third-order valence-electron chi connectivity index (χ3n) is 4.64. The first-order chi connectivity index (χ1) is 12.6. The van der Waals surface area contributed by atoms with Gasteiger partial charge in [-0.05, 0) is 48.2 Å². The molecular formula is C21H22BrNO3. The second kappa shape index (κ2) is 8.41. The molecule has 0 aliphatic carbocycles. The summed E-state index contributed by atoms with van der Waals surface area (Å²) in [6, 6.07) is 13.8. The molecule has 26 heavy (non-hydrogen) atoms. The first kappa shape index (κ1) is 18.5. The van der Waals surface area contributed by atoms with E-state index in [0.29, 0.717) is 11.5 Å². The van der Waals surface area contributed by atoms with Crippen molar-refractivity contribution in [3.05, 3.63) is 64.1 Å². The maximum absolute atomic E-state index is 12.8. The minimum absolute atomic E-state index is 0.0260. The molecule has 1 saturated heterocycles. The van der Waals surface area contributed by atoms with Gasteiger partial charge in [0.05, 0.1) is 20.3 Å². The van der Waals surface area contributed by atoms with Gasteiger partial charge in [0, 0.05) is 17.1 Å². The van der Waals surface area contributed by atoms with Crippen molar-refractivity contribution >= 4 is 27.9 Å². The van der Waals surface area contributed by atoms with Crippen LogP contribution < -0.4 is 9.47 Å². The molecule has 1 aliphatic rings. The predicted molar refractivity (Wildman–Crippen MR) is 106 cm³/mol. The van der Waals surface area contributed by atoms with E-state index in [4.69, 9.17) is 9.47 Å². The van der Waals surface area contributed by atoms with E-state index in [9.17, 15) is 4.79 Å². The van der Waals surface area contributed by atoms with E-state index in [1.165, 1.54) is 0 Å². The molecule has 0 radical (unpaired) electrons. The monoisotopic (exact) mass is 415 g/mol. The number of ether oxygens (including phenoxy) is 2. The SMILES string of the molecule is COc1ccc(C2CCCN2C(=O)/C=C/c2ccccc2Br)cc1OC. The number of carbonyl (C=O) groups is 1. The first-order valence-corrected chi connectivity index (χ1v) is 9.38. The van der Waals surface area contributed by atoms with E-state index >= 15 is 0 Å². The molecule has 0 spiro atoms. The van der Waals surface area contributed by atoms with Gasteiger partial charge in [-0.15, -0.1) is 0 Å². The molecule has 3 rings (SSSR count). The molecule has 2 aromatic carbocycles. The van der Waals surface area contributed by atoms with Gasteiger partial charge >= 0.3 is 0 Å². The van der Waals surface area contributed by atoms with Crippen molar-refractivity contribution < 1.29 is 14.3 Å². The minimum atomic E-state index is 0.0260. The van der Waals surface area contributed by atoms with Crippen LogP contribution in [-0.2, 0) is 4.79 Å². The van der Waals surface area contributed by atoms with Crippen LogP contribution in [0.3, 0.4) is 0 Å². The normalized spacial score (nSPS) is 16.9. The van der Waals surface area contributed by atoms with Crippen molar-refractivity contribution in [2.45, 2.75) is 18.9 Å². The van der Waals surface area contributed by atoms with Crippen molar-refractivity contribution in [2.75, 3.05) is 20.8 Å². The molecule has 5 heteroatoms. The number of rotatable bonds is 5. The molecule has 1 atom stereocenters. The van der Waals surface area contributed by atoms with E-state index < -0.39 is 0 Å². The van der Waals surface area contributed by atoms with Crippen molar-refractivity contribution in [1.29, 1.82) is 0 Å². The Morgan fingerprint density at radius 3 is 2.65 bits per heavy atom. The topological polar surface area (TPSA) is 38.8 Å². The number of benzene rings is 2. The van der Waals surface area contributed by atoms with Gasteiger partial charge in [0.2, 0.25) is 5.91 Å². The predicted octanol–water partition coefficient (Wildman–Crippen LogP) is 4.84. The van der Waals surface area contributed by atoms with E-state index in [-0.39, 0.29) is 11.9 Å². The highest BCUT2D eigenvalue weighted by Crippen LogP contribution is 2.37. The molecule has 1 fully saturated rings. The summed E-state index contributed by atoms with van der Waals surface area (Å²) in [5, 5.41) is 0. The van der Waals surface area contributed by atoms with Gasteiger partial charge in [0.15, 0.2) is 11.5 Å². The summed E-state index contributed by atoms with van der Waals surface area (Å²) in [5.74, 6) is 1.41. The van der Waals surface area contributed by atoms with Gasteiger partial charge in [0.25, 0.3) is 0 Å². The lowest BCUT2D eigenvalue weighted by Crippen LogP contribution is -2.28. The highest BCUT2D eigenvalue weighted by Gasteiger charge is 2.29. The quantitative estimate of drug-likeness (QED) is 0.655. The van der Waals surface area contributed by atoms with Crippen LogP contribution in [0.1, 0.15) is 30.0 Å². The molecule has 0 N–H and O–H groups in total. The number of likely N-dealkylation sites (tertiary alicyclic amines) is 1. The Labute approximate surface area is 162 Å². The zero-order valence-corrected chi connectivity index (χ0v) is 16.5. The number of carbonyl (C=O) groups excluding carboxylic acids is 1. The van der Waals surface area contributed by atoms with Crippen LogP contribution in [-0.4, -0.2) is 31.6 Å². The molecule has 0 aromatic heterocycles. The fourth-order valence-corrected chi connectivity index (χ4v) is 3.72. The fraction of sp³-hybridized carbons (Fsp3) is 0.286. The Morgan fingerprint density at radius 2 is 1.92 bits per heavy atom. The van der Waals surface area contributed by atoms with E-state index in [0.717, 1.165) is 35.0 Å². The zero-order chi connectivity index (χ0) is 18.5. The molecular weight excluding hydrogens is 394 g/mol. The lowest BCUT2D eigenvalue weighted by Gasteiger charge is -2.24.